The predicted octanol–water partition coefficient (Wildman–Crippen LogP) is 2.84. The van der Waals surface area contributed by atoms with Gasteiger partial charge < -0.3 is 11.1 Å². The molecule has 4 saturated carbocycles. The highest BCUT2D eigenvalue weighted by atomic mass is 16.2. The molecule has 3 atom stereocenters. The van der Waals surface area contributed by atoms with Crippen LogP contribution >= 0.6 is 0 Å². The van der Waals surface area contributed by atoms with Crippen molar-refractivity contribution in [2.75, 3.05) is 6.54 Å². The number of hydrogen-bond donors (Lipinski definition) is 2. The molecule has 4 aliphatic carbocycles. The van der Waals surface area contributed by atoms with E-state index in [1.807, 2.05) is 0 Å². The Balaban J connectivity index is 1.65. The van der Waals surface area contributed by atoms with Crippen LogP contribution in [0.25, 0.3) is 0 Å². The van der Waals surface area contributed by atoms with Gasteiger partial charge in [-0.3, -0.25) is 4.79 Å². The molecule has 0 spiro atoms. The van der Waals surface area contributed by atoms with Crippen molar-refractivity contribution in [3.05, 3.63) is 0 Å². The van der Waals surface area contributed by atoms with Gasteiger partial charge in [0.25, 0.3) is 0 Å². The molecule has 1 amide bonds. The second-order valence-electron chi connectivity index (χ2n) is 8.31. The molecule has 0 heterocycles. The van der Waals surface area contributed by atoms with Crippen LogP contribution in [0.2, 0.25) is 0 Å². The minimum atomic E-state index is -0.0508. The van der Waals surface area contributed by atoms with Crippen molar-refractivity contribution in [3.63, 3.8) is 0 Å². The van der Waals surface area contributed by atoms with Gasteiger partial charge in [0, 0.05) is 12.6 Å². The van der Waals surface area contributed by atoms with Crippen LogP contribution in [0.1, 0.15) is 65.2 Å². The van der Waals surface area contributed by atoms with Gasteiger partial charge in [-0.05, 0) is 62.2 Å². The molecular formula is C17H30N2O. The van der Waals surface area contributed by atoms with Crippen molar-refractivity contribution in [1.29, 1.82) is 0 Å². The highest BCUT2D eigenvalue weighted by Crippen LogP contribution is 2.65. The summed E-state index contributed by atoms with van der Waals surface area (Å²) in [6.07, 6.45) is 9.55. The average Bonchev–Trinajstić information content (AvgIpc) is 2.33. The highest BCUT2D eigenvalue weighted by molar-refractivity contribution is 5.83. The van der Waals surface area contributed by atoms with Crippen LogP contribution in [0.15, 0.2) is 0 Å². The quantitative estimate of drug-likeness (QED) is 0.812. The predicted molar refractivity (Wildman–Crippen MR) is 81.1 cm³/mol. The lowest BCUT2D eigenvalue weighted by atomic mass is 9.44. The first-order valence-electron chi connectivity index (χ1n) is 8.49. The smallest absolute Gasteiger partial charge is 0.226 e. The Morgan fingerprint density at radius 3 is 2.50 bits per heavy atom. The van der Waals surface area contributed by atoms with Crippen molar-refractivity contribution in [3.8, 4) is 0 Å². The Hall–Kier alpha value is -0.570. The third kappa shape index (κ3) is 2.49. The molecule has 20 heavy (non-hydrogen) atoms. The average molecular weight is 278 g/mol. The molecule has 3 heteroatoms. The standard InChI is InChI=1S/C17H30N2O/c1-3-4-14(18)10-19-15(20)17-8-12-5-13(9-17)7-16(2,6-12)11-17/h12-14H,3-11,18H2,1-2H3,(H,19,20). The van der Waals surface area contributed by atoms with E-state index in [-0.39, 0.29) is 11.5 Å². The Labute approximate surface area is 123 Å². The van der Waals surface area contributed by atoms with Crippen molar-refractivity contribution < 1.29 is 4.79 Å². The Kier molecular flexibility index (Phi) is 3.60. The number of nitrogens with one attached hydrogen (secondary N) is 1. The van der Waals surface area contributed by atoms with Gasteiger partial charge in [0.1, 0.15) is 0 Å². The van der Waals surface area contributed by atoms with E-state index in [0.29, 0.717) is 17.9 Å². The third-order valence-corrected chi connectivity index (χ3v) is 6.02. The molecule has 0 aromatic rings. The molecule has 3 N–H and O–H groups in total. The second-order valence-corrected chi connectivity index (χ2v) is 8.31. The number of carbonyl (C=O) groups excluding carboxylic acids is 1. The molecule has 0 aliphatic heterocycles. The second kappa shape index (κ2) is 5.01. The number of amides is 1. The van der Waals surface area contributed by atoms with Crippen LogP contribution in [0.3, 0.4) is 0 Å². The lowest BCUT2D eigenvalue weighted by Crippen LogP contribution is -2.57. The topological polar surface area (TPSA) is 55.1 Å². The molecule has 0 aromatic heterocycles. The number of nitrogens with two attached hydrogens (primary N) is 1. The van der Waals surface area contributed by atoms with Gasteiger partial charge in [-0.2, -0.15) is 0 Å². The molecule has 0 aromatic carbocycles. The summed E-state index contributed by atoms with van der Waals surface area (Å²) >= 11 is 0. The SMILES string of the molecule is CCCC(N)CNC(=O)C12CC3CC(CC(C)(C3)C1)C2. The summed E-state index contributed by atoms with van der Waals surface area (Å²) in [6, 6.07) is 0.119. The van der Waals surface area contributed by atoms with Gasteiger partial charge in [-0.25, -0.2) is 0 Å². The molecule has 4 aliphatic rings. The van der Waals surface area contributed by atoms with Gasteiger partial charge in [-0.1, -0.05) is 20.3 Å². The van der Waals surface area contributed by atoms with Crippen molar-refractivity contribution in [2.45, 2.75) is 71.3 Å². The summed E-state index contributed by atoms with van der Waals surface area (Å²) < 4.78 is 0. The number of carbonyl (C=O) groups is 1. The van der Waals surface area contributed by atoms with Crippen molar-refractivity contribution in [2.24, 2.45) is 28.4 Å². The fourth-order valence-electron chi connectivity index (χ4n) is 5.87. The molecule has 4 bridgehead atoms. The summed E-state index contributed by atoms with van der Waals surface area (Å²) in [5.41, 5.74) is 6.42. The maximum absolute atomic E-state index is 12.8. The van der Waals surface area contributed by atoms with Gasteiger partial charge >= 0.3 is 0 Å². The van der Waals surface area contributed by atoms with Gasteiger partial charge in [-0.15, -0.1) is 0 Å². The number of hydrogen-bond acceptors (Lipinski definition) is 2. The maximum atomic E-state index is 12.8. The first-order valence-corrected chi connectivity index (χ1v) is 8.49. The Morgan fingerprint density at radius 2 is 1.95 bits per heavy atom. The van der Waals surface area contributed by atoms with E-state index in [2.05, 4.69) is 19.2 Å². The zero-order chi connectivity index (χ0) is 14.4. The highest BCUT2D eigenvalue weighted by Gasteiger charge is 2.58. The fourth-order valence-corrected chi connectivity index (χ4v) is 5.87. The number of rotatable bonds is 5. The fraction of sp³-hybridized carbons (Fsp3) is 0.941. The van der Waals surface area contributed by atoms with Gasteiger partial charge in [0.2, 0.25) is 5.91 Å². The first-order chi connectivity index (χ1) is 9.45. The molecule has 3 nitrogen and oxygen atoms in total. The van der Waals surface area contributed by atoms with Crippen LogP contribution in [-0.2, 0) is 4.79 Å². The lowest BCUT2D eigenvalue weighted by Gasteiger charge is -2.60. The summed E-state index contributed by atoms with van der Waals surface area (Å²) in [5.74, 6) is 1.91. The molecular weight excluding hydrogens is 248 g/mol. The van der Waals surface area contributed by atoms with E-state index in [4.69, 9.17) is 5.73 Å². The largest absolute Gasteiger partial charge is 0.354 e. The summed E-state index contributed by atoms with van der Waals surface area (Å²) in [7, 11) is 0. The zero-order valence-corrected chi connectivity index (χ0v) is 13.1. The zero-order valence-electron chi connectivity index (χ0n) is 13.1. The molecule has 3 unspecified atom stereocenters. The molecule has 0 saturated heterocycles. The normalized spacial score (nSPS) is 43.5. The van der Waals surface area contributed by atoms with E-state index in [1.165, 1.54) is 19.3 Å². The lowest BCUT2D eigenvalue weighted by molar-refractivity contribution is -0.155. The van der Waals surface area contributed by atoms with Crippen molar-refractivity contribution >= 4 is 5.91 Å². The van der Waals surface area contributed by atoms with Crippen molar-refractivity contribution in [1.82, 2.24) is 5.32 Å². The van der Waals surface area contributed by atoms with Crippen LogP contribution in [0.5, 0.6) is 0 Å². The molecule has 0 radical (unpaired) electrons. The van der Waals surface area contributed by atoms with E-state index in [0.717, 1.165) is 43.9 Å². The van der Waals surface area contributed by atoms with E-state index in [9.17, 15) is 4.79 Å². The van der Waals surface area contributed by atoms with E-state index < -0.39 is 0 Å². The van der Waals surface area contributed by atoms with Gasteiger partial charge in [0.15, 0.2) is 0 Å². The first kappa shape index (κ1) is 14.4. The monoisotopic (exact) mass is 278 g/mol. The van der Waals surface area contributed by atoms with Gasteiger partial charge in [0.05, 0.1) is 5.41 Å². The third-order valence-electron chi connectivity index (χ3n) is 6.02. The van der Waals surface area contributed by atoms with Crippen LogP contribution < -0.4 is 11.1 Å². The summed E-state index contributed by atoms with van der Waals surface area (Å²) in [5, 5.41) is 3.18. The Bertz CT molecular complexity index is 378. The Morgan fingerprint density at radius 1 is 1.30 bits per heavy atom. The van der Waals surface area contributed by atoms with E-state index >= 15 is 0 Å². The maximum Gasteiger partial charge on any atom is 0.226 e. The minimum absolute atomic E-state index is 0.0508. The van der Waals surface area contributed by atoms with E-state index in [1.54, 1.807) is 0 Å². The minimum Gasteiger partial charge on any atom is -0.354 e. The summed E-state index contributed by atoms with van der Waals surface area (Å²) in [6.45, 7) is 5.21. The summed E-state index contributed by atoms with van der Waals surface area (Å²) in [4.78, 5) is 12.8. The molecule has 4 fully saturated rings. The van der Waals surface area contributed by atoms with Crippen LogP contribution in [-0.4, -0.2) is 18.5 Å². The molecule has 114 valence electrons. The molecule has 4 rings (SSSR count). The van der Waals surface area contributed by atoms with Crippen LogP contribution in [0.4, 0.5) is 0 Å². The van der Waals surface area contributed by atoms with Crippen LogP contribution in [0, 0.1) is 22.7 Å².